The minimum atomic E-state index is -0.789. The molecule has 102 valence electrons. The first-order valence-corrected chi connectivity index (χ1v) is 6.99. The zero-order chi connectivity index (χ0) is 13.3. The lowest BCUT2D eigenvalue weighted by molar-refractivity contribution is -0.159. The molecule has 1 aliphatic heterocycles. The van der Waals surface area contributed by atoms with Gasteiger partial charge in [0.1, 0.15) is 0 Å². The molecule has 2 fully saturated rings. The largest absolute Gasteiger partial charge is 0.481 e. The van der Waals surface area contributed by atoms with E-state index in [1.165, 1.54) is 0 Å². The van der Waals surface area contributed by atoms with E-state index >= 15 is 0 Å². The predicted molar refractivity (Wildman–Crippen MR) is 68.1 cm³/mol. The van der Waals surface area contributed by atoms with Crippen LogP contribution in [0.5, 0.6) is 0 Å². The Labute approximate surface area is 108 Å². The molecule has 0 aromatic carbocycles. The van der Waals surface area contributed by atoms with E-state index < -0.39 is 11.4 Å². The lowest BCUT2D eigenvalue weighted by Gasteiger charge is -2.39. The highest BCUT2D eigenvalue weighted by Gasteiger charge is 2.47. The van der Waals surface area contributed by atoms with Gasteiger partial charge in [-0.15, -0.1) is 0 Å². The van der Waals surface area contributed by atoms with E-state index in [2.05, 4.69) is 13.8 Å². The molecule has 0 bridgehead atoms. The average Bonchev–Trinajstić information content (AvgIpc) is 2.71. The molecule has 1 amide bonds. The number of rotatable bonds is 4. The number of carbonyl (C=O) groups excluding carboxylic acids is 1. The van der Waals surface area contributed by atoms with Crippen LogP contribution in [0.15, 0.2) is 0 Å². The number of carboxylic acid groups (broad SMARTS) is 1. The van der Waals surface area contributed by atoms with Crippen molar-refractivity contribution in [1.82, 2.24) is 4.90 Å². The molecule has 2 rings (SSSR count). The molecule has 1 saturated carbocycles. The highest BCUT2D eigenvalue weighted by Crippen LogP contribution is 2.45. The van der Waals surface area contributed by atoms with Gasteiger partial charge in [-0.3, -0.25) is 9.59 Å². The van der Waals surface area contributed by atoms with E-state index in [1.54, 1.807) is 0 Å². The summed E-state index contributed by atoms with van der Waals surface area (Å²) in [6.45, 7) is 5.07. The summed E-state index contributed by atoms with van der Waals surface area (Å²) in [4.78, 5) is 25.6. The van der Waals surface area contributed by atoms with E-state index in [1.807, 2.05) is 4.90 Å². The van der Waals surface area contributed by atoms with Crippen LogP contribution in [0.2, 0.25) is 0 Å². The highest BCUT2D eigenvalue weighted by molar-refractivity contribution is 5.86. The fraction of sp³-hybridized carbons (Fsp3) is 0.857. The fourth-order valence-corrected chi connectivity index (χ4v) is 3.26. The molecule has 18 heavy (non-hydrogen) atoms. The molecule has 0 radical (unpaired) electrons. The second kappa shape index (κ2) is 4.90. The van der Waals surface area contributed by atoms with E-state index in [0.717, 1.165) is 25.8 Å². The van der Waals surface area contributed by atoms with E-state index in [0.29, 0.717) is 24.8 Å². The third kappa shape index (κ3) is 2.25. The maximum Gasteiger partial charge on any atom is 0.310 e. The minimum Gasteiger partial charge on any atom is -0.481 e. The zero-order valence-corrected chi connectivity index (χ0v) is 11.3. The van der Waals surface area contributed by atoms with Gasteiger partial charge in [-0.2, -0.15) is 0 Å². The van der Waals surface area contributed by atoms with Crippen LogP contribution in [0.3, 0.4) is 0 Å². The van der Waals surface area contributed by atoms with Gasteiger partial charge in [0.05, 0.1) is 5.41 Å². The van der Waals surface area contributed by atoms with Gasteiger partial charge in [0.2, 0.25) is 5.91 Å². The Morgan fingerprint density at radius 3 is 2.44 bits per heavy atom. The quantitative estimate of drug-likeness (QED) is 0.836. The molecule has 0 spiro atoms. The Kier molecular flexibility index (Phi) is 3.64. The van der Waals surface area contributed by atoms with Crippen molar-refractivity contribution >= 4 is 11.9 Å². The molecule has 0 aromatic rings. The molecular weight excluding hydrogens is 230 g/mol. The normalized spacial score (nSPS) is 26.2. The molecule has 1 unspecified atom stereocenters. The molecule has 0 aromatic heterocycles. The third-order valence-electron chi connectivity index (χ3n) is 4.64. The maximum absolute atomic E-state index is 12.3. The molecule has 4 heteroatoms. The van der Waals surface area contributed by atoms with Crippen LogP contribution in [-0.2, 0) is 9.59 Å². The summed E-state index contributed by atoms with van der Waals surface area (Å²) in [7, 11) is 0. The van der Waals surface area contributed by atoms with Crippen LogP contribution in [-0.4, -0.2) is 34.5 Å². The van der Waals surface area contributed by atoms with E-state index in [-0.39, 0.29) is 12.3 Å². The average molecular weight is 253 g/mol. The summed E-state index contributed by atoms with van der Waals surface area (Å²) in [5.41, 5.74) is -0.749. The van der Waals surface area contributed by atoms with Crippen LogP contribution in [0, 0.1) is 11.3 Å². The SMILES string of the molecule is CC(C)C1CCCN1C(=O)CC1(C(=O)O)CCC1. The molecule has 1 atom stereocenters. The van der Waals surface area contributed by atoms with Crippen molar-refractivity contribution in [3.63, 3.8) is 0 Å². The van der Waals surface area contributed by atoms with E-state index in [9.17, 15) is 14.7 Å². The number of amides is 1. The molecule has 2 aliphatic rings. The summed E-state index contributed by atoms with van der Waals surface area (Å²) in [5, 5.41) is 9.28. The zero-order valence-electron chi connectivity index (χ0n) is 11.3. The van der Waals surface area contributed by atoms with Crippen molar-refractivity contribution < 1.29 is 14.7 Å². The van der Waals surface area contributed by atoms with Gasteiger partial charge >= 0.3 is 5.97 Å². The van der Waals surface area contributed by atoms with Gasteiger partial charge < -0.3 is 10.0 Å². The Bertz CT molecular complexity index is 347. The van der Waals surface area contributed by atoms with Gasteiger partial charge in [0.25, 0.3) is 0 Å². The van der Waals surface area contributed by atoms with Gasteiger partial charge in [-0.05, 0) is 31.6 Å². The van der Waals surface area contributed by atoms with Crippen molar-refractivity contribution in [2.24, 2.45) is 11.3 Å². The number of hydrogen-bond acceptors (Lipinski definition) is 2. The van der Waals surface area contributed by atoms with Crippen molar-refractivity contribution in [3.8, 4) is 0 Å². The van der Waals surface area contributed by atoms with E-state index in [4.69, 9.17) is 0 Å². The van der Waals surface area contributed by atoms with Crippen LogP contribution in [0.4, 0.5) is 0 Å². The van der Waals surface area contributed by atoms with Crippen LogP contribution < -0.4 is 0 Å². The maximum atomic E-state index is 12.3. The number of carboxylic acids is 1. The first kappa shape index (κ1) is 13.4. The molecular formula is C14H23NO3. The standard InChI is InChI=1S/C14H23NO3/c1-10(2)11-5-3-8-15(11)12(16)9-14(13(17)18)6-4-7-14/h10-11H,3-9H2,1-2H3,(H,17,18). The van der Waals surface area contributed by atoms with Crippen molar-refractivity contribution in [2.45, 2.75) is 58.4 Å². The van der Waals surface area contributed by atoms with Crippen LogP contribution in [0.25, 0.3) is 0 Å². The van der Waals surface area contributed by atoms with Crippen LogP contribution in [0.1, 0.15) is 52.4 Å². The smallest absolute Gasteiger partial charge is 0.310 e. The summed E-state index contributed by atoms with van der Waals surface area (Å²) in [6, 6.07) is 0.309. The summed E-state index contributed by atoms with van der Waals surface area (Å²) >= 11 is 0. The van der Waals surface area contributed by atoms with Crippen molar-refractivity contribution in [1.29, 1.82) is 0 Å². The second-order valence-corrected chi connectivity index (χ2v) is 6.16. The Morgan fingerprint density at radius 2 is 2.00 bits per heavy atom. The Hall–Kier alpha value is -1.06. The fourth-order valence-electron chi connectivity index (χ4n) is 3.26. The number of nitrogens with zero attached hydrogens (tertiary/aromatic N) is 1. The molecule has 1 N–H and O–H groups in total. The summed E-state index contributed by atoms with van der Waals surface area (Å²) in [5.74, 6) is -0.283. The topological polar surface area (TPSA) is 57.6 Å². The molecule has 1 heterocycles. The second-order valence-electron chi connectivity index (χ2n) is 6.16. The van der Waals surface area contributed by atoms with Crippen molar-refractivity contribution in [3.05, 3.63) is 0 Å². The summed E-state index contributed by atoms with van der Waals surface area (Å²) < 4.78 is 0. The first-order chi connectivity index (χ1) is 8.46. The number of carbonyl (C=O) groups is 2. The number of likely N-dealkylation sites (tertiary alicyclic amines) is 1. The first-order valence-electron chi connectivity index (χ1n) is 6.99. The monoisotopic (exact) mass is 253 g/mol. The highest BCUT2D eigenvalue weighted by atomic mass is 16.4. The molecule has 1 saturated heterocycles. The lowest BCUT2D eigenvalue weighted by atomic mass is 9.66. The predicted octanol–water partition coefficient (Wildman–Crippen LogP) is 2.28. The Morgan fingerprint density at radius 1 is 1.33 bits per heavy atom. The molecule has 4 nitrogen and oxygen atoms in total. The van der Waals surface area contributed by atoms with Gasteiger partial charge in [0.15, 0.2) is 0 Å². The van der Waals surface area contributed by atoms with Crippen LogP contribution >= 0.6 is 0 Å². The van der Waals surface area contributed by atoms with Gasteiger partial charge in [0, 0.05) is 19.0 Å². The summed E-state index contributed by atoms with van der Waals surface area (Å²) in [6.07, 6.45) is 4.57. The number of hydrogen-bond donors (Lipinski definition) is 1. The minimum absolute atomic E-state index is 0.0494. The number of aliphatic carboxylic acids is 1. The molecule has 1 aliphatic carbocycles. The third-order valence-corrected chi connectivity index (χ3v) is 4.64. The lowest BCUT2D eigenvalue weighted by Crippen LogP contribution is -2.46. The van der Waals surface area contributed by atoms with Gasteiger partial charge in [-0.25, -0.2) is 0 Å². The Balaban J connectivity index is 2.01. The van der Waals surface area contributed by atoms with Crippen molar-refractivity contribution in [2.75, 3.05) is 6.54 Å². The van der Waals surface area contributed by atoms with Gasteiger partial charge in [-0.1, -0.05) is 20.3 Å².